The van der Waals surface area contributed by atoms with Gasteiger partial charge in [0.05, 0.1) is 23.1 Å². The lowest BCUT2D eigenvalue weighted by molar-refractivity contribution is -0.118. The summed E-state index contributed by atoms with van der Waals surface area (Å²) in [5, 5.41) is 10.7. The summed E-state index contributed by atoms with van der Waals surface area (Å²) in [5.41, 5.74) is 1.43. The molecule has 1 aromatic heterocycles. The van der Waals surface area contributed by atoms with Gasteiger partial charge in [-0.1, -0.05) is 30.3 Å². The van der Waals surface area contributed by atoms with Crippen LogP contribution in [0.4, 0.5) is 0 Å². The van der Waals surface area contributed by atoms with Gasteiger partial charge in [0.15, 0.2) is 4.80 Å². The summed E-state index contributed by atoms with van der Waals surface area (Å²) < 4.78 is 28.0. The van der Waals surface area contributed by atoms with Gasteiger partial charge in [-0.2, -0.15) is 14.6 Å². The van der Waals surface area contributed by atoms with E-state index in [1.165, 1.54) is 42.6 Å². The minimum absolute atomic E-state index is 0.0158. The van der Waals surface area contributed by atoms with Crippen LogP contribution in [0.2, 0.25) is 0 Å². The van der Waals surface area contributed by atoms with Crippen LogP contribution in [0.1, 0.15) is 11.1 Å². The van der Waals surface area contributed by atoms with Crippen molar-refractivity contribution in [3.8, 4) is 6.07 Å². The van der Waals surface area contributed by atoms with E-state index in [4.69, 9.17) is 5.26 Å². The van der Waals surface area contributed by atoms with Crippen molar-refractivity contribution in [2.45, 2.75) is 11.4 Å². The minimum Gasteiger partial charge on any atom is -0.319 e. The number of carbonyl (C=O) groups excluding carboxylic acids is 1. The third kappa shape index (κ3) is 5.06. The highest BCUT2D eigenvalue weighted by atomic mass is 32.2. The molecule has 2 aromatic carbocycles. The van der Waals surface area contributed by atoms with Crippen LogP contribution in [0.25, 0.3) is 0 Å². The van der Waals surface area contributed by atoms with Gasteiger partial charge >= 0.3 is 0 Å². The van der Waals surface area contributed by atoms with E-state index in [2.05, 4.69) is 4.99 Å². The summed E-state index contributed by atoms with van der Waals surface area (Å²) in [6.07, 6.45) is 1.83. The van der Waals surface area contributed by atoms with E-state index >= 15 is 0 Å². The molecule has 1 heterocycles. The normalized spacial score (nSPS) is 12.1. The van der Waals surface area contributed by atoms with Gasteiger partial charge in [-0.3, -0.25) is 4.79 Å². The Morgan fingerprint density at radius 3 is 2.52 bits per heavy atom. The summed E-state index contributed by atoms with van der Waals surface area (Å²) in [6.45, 7) is 0.182. The van der Waals surface area contributed by atoms with E-state index in [1.54, 1.807) is 0 Å². The molecule has 0 saturated carbocycles. The van der Waals surface area contributed by atoms with Crippen molar-refractivity contribution < 1.29 is 13.2 Å². The second-order valence-electron chi connectivity index (χ2n) is 6.20. The summed E-state index contributed by atoms with van der Waals surface area (Å²) in [5.74, 6) is -0.561. The van der Waals surface area contributed by atoms with Crippen LogP contribution in [0.3, 0.4) is 0 Å². The number of nitrogens with zero attached hydrogens (tertiary/aromatic N) is 4. The molecule has 3 rings (SSSR count). The van der Waals surface area contributed by atoms with Gasteiger partial charge in [0.1, 0.15) is 0 Å². The Balaban J connectivity index is 1.75. The van der Waals surface area contributed by atoms with Crippen LogP contribution < -0.4 is 4.80 Å². The molecule has 0 aliphatic carbocycles. The molecule has 0 radical (unpaired) electrons. The van der Waals surface area contributed by atoms with E-state index in [9.17, 15) is 13.2 Å². The molecule has 0 unspecified atom stereocenters. The minimum atomic E-state index is -3.86. The summed E-state index contributed by atoms with van der Waals surface area (Å²) >= 11 is 1.31. The summed E-state index contributed by atoms with van der Waals surface area (Å²) in [6, 6.07) is 17.2. The first-order chi connectivity index (χ1) is 13.9. The topological polar surface area (TPSA) is 95.5 Å². The molecular formula is C20H18N4O3S2. The maximum Gasteiger partial charge on any atom is 0.263 e. The zero-order chi connectivity index (χ0) is 20.9. The second-order valence-corrected chi connectivity index (χ2v) is 9.12. The van der Waals surface area contributed by atoms with E-state index in [0.717, 1.165) is 9.87 Å². The molecule has 3 aromatic rings. The Kier molecular flexibility index (Phi) is 6.39. The quantitative estimate of drug-likeness (QED) is 0.604. The van der Waals surface area contributed by atoms with E-state index in [1.807, 2.05) is 52.5 Å². The number of hydrogen-bond acceptors (Lipinski definition) is 5. The molecule has 1 amide bonds. The van der Waals surface area contributed by atoms with Gasteiger partial charge in [-0.15, -0.1) is 11.3 Å². The van der Waals surface area contributed by atoms with Crippen molar-refractivity contribution in [2.24, 2.45) is 4.99 Å². The average molecular weight is 427 g/mol. The number of aromatic nitrogens is 1. The van der Waals surface area contributed by atoms with Crippen LogP contribution in [0.5, 0.6) is 0 Å². The van der Waals surface area contributed by atoms with E-state index in [0.29, 0.717) is 16.9 Å². The van der Waals surface area contributed by atoms with Gasteiger partial charge in [0.2, 0.25) is 10.0 Å². The predicted molar refractivity (Wildman–Crippen MR) is 109 cm³/mol. The number of amides is 1. The lowest BCUT2D eigenvalue weighted by Crippen LogP contribution is -2.32. The van der Waals surface area contributed by atoms with Crippen molar-refractivity contribution in [1.29, 1.82) is 5.26 Å². The Hall–Kier alpha value is -3.06. The van der Waals surface area contributed by atoms with Crippen LogP contribution >= 0.6 is 11.3 Å². The summed E-state index contributed by atoms with van der Waals surface area (Å²) in [4.78, 5) is 17.0. The first-order valence-electron chi connectivity index (χ1n) is 8.62. The number of nitriles is 1. The number of sulfonamides is 1. The monoisotopic (exact) mass is 426 g/mol. The standard InChI is InChI=1S/C20H18N4O3S2/c1-23(29(26,27)18-9-7-16(13-21)8-10-18)15-19(25)22-20-24(11-12-28-20)14-17-5-3-2-4-6-17/h2-12H,14-15H2,1H3. The number of thiazole rings is 1. The highest BCUT2D eigenvalue weighted by Gasteiger charge is 2.22. The Bertz CT molecular complexity index is 1200. The smallest absolute Gasteiger partial charge is 0.263 e. The zero-order valence-corrected chi connectivity index (χ0v) is 17.2. The van der Waals surface area contributed by atoms with Crippen molar-refractivity contribution in [3.63, 3.8) is 0 Å². The third-order valence-electron chi connectivity index (χ3n) is 4.13. The van der Waals surface area contributed by atoms with Gasteiger partial charge in [-0.25, -0.2) is 8.42 Å². The van der Waals surface area contributed by atoms with Crippen LogP contribution in [-0.2, 0) is 21.4 Å². The van der Waals surface area contributed by atoms with Gasteiger partial charge in [0.25, 0.3) is 5.91 Å². The lowest BCUT2D eigenvalue weighted by Gasteiger charge is -2.15. The van der Waals surface area contributed by atoms with Crippen molar-refractivity contribution >= 4 is 27.3 Å². The van der Waals surface area contributed by atoms with Crippen molar-refractivity contribution in [3.05, 3.63) is 82.1 Å². The lowest BCUT2D eigenvalue weighted by atomic mass is 10.2. The largest absolute Gasteiger partial charge is 0.319 e. The van der Waals surface area contributed by atoms with Gasteiger partial charge in [-0.05, 0) is 29.8 Å². The Labute approximate surface area is 172 Å². The molecule has 0 aliphatic rings. The average Bonchev–Trinajstić information content (AvgIpc) is 3.15. The molecule has 9 heteroatoms. The highest BCUT2D eigenvalue weighted by molar-refractivity contribution is 7.89. The van der Waals surface area contributed by atoms with Crippen LogP contribution in [0.15, 0.2) is 76.1 Å². The van der Waals surface area contributed by atoms with Gasteiger partial charge < -0.3 is 4.57 Å². The van der Waals surface area contributed by atoms with Crippen LogP contribution in [0, 0.1) is 11.3 Å². The van der Waals surface area contributed by atoms with Gasteiger partial charge in [0, 0.05) is 25.2 Å². The maximum absolute atomic E-state index is 12.6. The molecule has 0 fully saturated rings. The first-order valence-corrected chi connectivity index (χ1v) is 10.9. The van der Waals surface area contributed by atoms with Crippen LogP contribution in [-0.4, -0.2) is 36.8 Å². The first kappa shape index (κ1) is 20.7. The van der Waals surface area contributed by atoms with Crippen molar-refractivity contribution in [1.82, 2.24) is 8.87 Å². The molecule has 0 atom stereocenters. The van der Waals surface area contributed by atoms with Crippen molar-refractivity contribution in [2.75, 3.05) is 13.6 Å². The molecule has 0 aliphatic heterocycles. The SMILES string of the molecule is CN(CC(=O)N=c1sccn1Cc1ccccc1)S(=O)(=O)c1ccc(C#N)cc1. The molecule has 0 saturated heterocycles. The second kappa shape index (κ2) is 8.96. The number of hydrogen-bond donors (Lipinski definition) is 0. The molecule has 148 valence electrons. The predicted octanol–water partition coefficient (Wildman–Crippen LogP) is 2.22. The van der Waals surface area contributed by atoms with E-state index < -0.39 is 15.9 Å². The Morgan fingerprint density at radius 1 is 1.17 bits per heavy atom. The number of rotatable bonds is 6. The molecule has 0 bridgehead atoms. The molecule has 0 spiro atoms. The fourth-order valence-electron chi connectivity index (χ4n) is 2.59. The fraction of sp³-hybridized carbons (Fsp3) is 0.150. The fourth-order valence-corrected chi connectivity index (χ4v) is 4.45. The van der Waals surface area contributed by atoms with E-state index in [-0.39, 0.29) is 11.4 Å². The number of carbonyl (C=O) groups is 1. The zero-order valence-electron chi connectivity index (χ0n) is 15.6. The number of likely N-dealkylation sites (N-methyl/N-ethyl adjacent to an activating group) is 1. The number of benzene rings is 2. The summed E-state index contributed by atoms with van der Waals surface area (Å²) in [7, 11) is -2.53. The molecule has 0 N–H and O–H groups in total. The molecule has 29 heavy (non-hydrogen) atoms. The highest BCUT2D eigenvalue weighted by Crippen LogP contribution is 2.15. The Morgan fingerprint density at radius 2 is 1.86 bits per heavy atom. The molecular weight excluding hydrogens is 408 g/mol. The maximum atomic E-state index is 12.6. The molecule has 7 nitrogen and oxygen atoms in total. The third-order valence-corrected chi connectivity index (χ3v) is 6.74.